The zero-order valence-corrected chi connectivity index (χ0v) is 14.9. The number of benzene rings is 1. The van der Waals surface area contributed by atoms with E-state index in [9.17, 15) is 0 Å². The molecular formula is C19H22N6. The lowest BCUT2D eigenvalue weighted by Crippen LogP contribution is -2.33. The molecule has 3 aromatic rings. The van der Waals surface area contributed by atoms with Crippen LogP contribution in [0.5, 0.6) is 0 Å². The summed E-state index contributed by atoms with van der Waals surface area (Å²) in [5.74, 6) is 1.01. The molecule has 1 aromatic carbocycles. The maximum absolute atomic E-state index is 4.84. The number of hydrogen-bond donors (Lipinski definition) is 0. The van der Waals surface area contributed by atoms with Gasteiger partial charge in [-0.05, 0) is 19.1 Å². The first-order valence-electron chi connectivity index (χ1n) is 8.56. The molecule has 0 atom stereocenters. The summed E-state index contributed by atoms with van der Waals surface area (Å²) in [7, 11) is 4.06. The predicted molar refractivity (Wildman–Crippen MR) is 98.5 cm³/mol. The smallest absolute Gasteiger partial charge is 0.136 e. The summed E-state index contributed by atoms with van der Waals surface area (Å²) in [5.41, 5.74) is 6.35. The highest BCUT2D eigenvalue weighted by atomic mass is 15.2. The van der Waals surface area contributed by atoms with Crippen molar-refractivity contribution in [2.75, 3.05) is 25.5 Å². The minimum atomic E-state index is 0.796. The molecule has 0 unspecified atom stereocenters. The van der Waals surface area contributed by atoms with E-state index in [4.69, 9.17) is 9.97 Å². The second-order valence-corrected chi connectivity index (χ2v) is 6.72. The number of fused-ring (bicyclic) bond motifs is 2. The maximum Gasteiger partial charge on any atom is 0.136 e. The van der Waals surface area contributed by atoms with E-state index in [1.807, 2.05) is 45.3 Å². The molecule has 2 aromatic heterocycles. The normalized spacial score (nSPS) is 14.5. The van der Waals surface area contributed by atoms with Crippen LogP contribution < -0.4 is 4.90 Å². The van der Waals surface area contributed by atoms with Crippen molar-refractivity contribution in [1.29, 1.82) is 0 Å². The average molecular weight is 334 g/mol. The standard InChI is InChI=1S/C19H22N6/c1-13-18(23-17-7-5-4-6-16(17)22-13)11-25-9-8-15-14(10-25)19(24(2)3)21-12-20-15/h4-7,12H,8-11H2,1-3H3. The van der Waals surface area contributed by atoms with E-state index in [2.05, 4.69) is 19.8 Å². The number of rotatable bonds is 3. The number of para-hydroxylation sites is 2. The maximum atomic E-state index is 4.84. The van der Waals surface area contributed by atoms with Gasteiger partial charge in [-0.1, -0.05) is 12.1 Å². The molecule has 0 N–H and O–H groups in total. The molecular weight excluding hydrogens is 312 g/mol. The minimum Gasteiger partial charge on any atom is -0.362 e. The molecule has 0 radical (unpaired) electrons. The van der Waals surface area contributed by atoms with Crippen LogP contribution in [0.3, 0.4) is 0 Å². The van der Waals surface area contributed by atoms with Gasteiger partial charge in [0, 0.05) is 45.7 Å². The fraction of sp³-hybridized carbons (Fsp3) is 0.368. The van der Waals surface area contributed by atoms with Gasteiger partial charge < -0.3 is 4.90 Å². The Bertz CT molecular complexity index is 921. The van der Waals surface area contributed by atoms with Crippen LogP contribution in [0, 0.1) is 6.92 Å². The van der Waals surface area contributed by atoms with Crippen molar-refractivity contribution in [3.63, 3.8) is 0 Å². The van der Waals surface area contributed by atoms with Gasteiger partial charge in [0.25, 0.3) is 0 Å². The lowest BCUT2D eigenvalue weighted by atomic mass is 10.1. The van der Waals surface area contributed by atoms with Crippen LogP contribution in [-0.4, -0.2) is 45.5 Å². The van der Waals surface area contributed by atoms with Crippen LogP contribution in [0.2, 0.25) is 0 Å². The molecule has 25 heavy (non-hydrogen) atoms. The zero-order valence-electron chi connectivity index (χ0n) is 14.9. The summed E-state index contributed by atoms with van der Waals surface area (Å²) in [6, 6.07) is 8.04. The second-order valence-electron chi connectivity index (χ2n) is 6.72. The van der Waals surface area contributed by atoms with Crippen molar-refractivity contribution in [3.8, 4) is 0 Å². The highest BCUT2D eigenvalue weighted by Crippen LogP contribution is 2.25. The van der Waals surface area contributed by atoms with Crippen LogP contribution in [0.15, 0.2) is 30.6 Å². The monoisotopic (exact) mass is 334 g/mol. The third-order valence-electron chi connectivity index (χ3n) is 4.70. The average Bonchev–Trinajstić information content (AvgIpc) is 2.61. The fourth-order valence-corrected chi connectivity index (χ4v) is 3.39. The van der Waals surface area contributed by atoms with Gasteiger partial charge in [0.1, 0.15) is 12.1 Å². The molecule has 4 rings (SSSR count). The molecule has 3 heterocycles. The van der Waals surface area contributed by atoms with Crippen molar-refractivity contribution in [3.05, 3.63) is 53.2 Å². The first-order chi connectivity index (χ1) is 12.1. The Morgan fingerprint density at radius 2 is 1.84 bits per heavy atom. The summed E-state index contributed by atoms with van der Waals surface area (Å²) in [5, 5.41) is 0. The van der Waals surface area contributed by atoms with Gasteiger partial charge in [0.05, 0.1) is 28.1 Å². The lowest BCUT2D eigenvalue weighted by Gasteiger charge is -2.30. The SMILES string of the molecule is Cc1nc2ccccc2nc1CN1CCc2ncnc(N(C)C)c2C1. The van der Waals surface area contributed by atoms with Gasteiger partial charge in [-0.25, -0.2) is 19.9 Å². The number of aromatic nitrogens is 4. The van der Waals surface area contributed by atoms with Crippen molar-refractivity contribution in [2.45, 2.75) is 26.4 Å². The fourth-order valence-electron chi connectivity index (χ4n) is 3.39. The summed E-state index contributed by atoms with van der Waals surface area (Å²) >= 11 is 0. The lowest BCUT2D eigenvalue weighted by molar-refractivity contribution is 0.240. The van der Waals surface area contributed by atoms with E-state index < -0.39 is 0 Å². The Kier molecular flexibility index (Phi) is 4.05. The molecule has 0 fully saturated rings. The molecule has 1 aliphatic rings. The topological polar surface area (TPSA) is 58.0 Å². The van der Waals surface area contributed by atoms with Crippen LogP contribution in [0.4, 0.5) is 5.82 Å². The summed E-state index contributed by atoms with van der Waals surface area (Å²) in [6.07, 6.45) is 2.61. The summed E-state index contributed by atoms with van der Waals surface area (Å²) in [4.78, 5) is 22.9. The molecule has 0 saturated carbocycles. The Balaban J connectivity index is 1.62. The van der Waals surface area contributed by atoms with Crippen molar-refractivity contribution in [2.24, 2.45) is 0 Å². The van der Waals surface area contributed by atoms with Crippen molar-refractivity contribution < 1.29 is 0 Å². The molecule has 1 aliphatic heterocycles. The molecule has 0 amide bonds. The van der Waals surface area contributed by atoms with Gasteiger partial charge in [0.2, 0.25) is 0 Å². The number of aryl methyl sites for hydroxylation is 1. The van der Waals surface area contributed by atoms with Gasteiger partial charge >= 0.3 is 0 Å². The first-order valence-corrected chi connectivity index (χ1v) is 8.56. The number of anilines is 1. The predicted octanol–water partition coefficient (Wildman–Crippen LogP) is 2.35. The van der Waals surface area contributed by atoms with E-state index in [0.29, 0.717) is 0 Å². The number of nitrogens with zero attached hydrogens (tertiary/aromatic N) is 6. The Morgan fingerprint density at radius 3 is 2.60 bits per heavy atom. The van der Waals surface area contributed by atoms with E-state index in [1.54, 1.807) is 6.33 Å². The summed E-state index contributed by atoms with van der Waals surface area (Å²) < 4.78 is 0. The van der Waals surface area contributed by atoms with E-state index >= 15 is 0 Å². The van der Waals surface area contributed by atoms with Crippen molar-refractivity contribution in [1.82, 2.24) is 24.8 Å². The highest BCUT2D eigenvalue weighted by Gasteiger charge is 2.22. The van der Waals surface area contributed by atoms with Gasteiger partial charge in [-0.15, -0.1) is 0 Å². The quantitative estimate of drug-likeness (QED) is 0.733. The Morgan fingerprint density at radius 1 is 1.08 bits per heavy atom. The van der Waals surface area contributed by atoms with E-state index in [0.717, 1.165) is 60.0 Å². The van der Waals surface area contributed by atoms with Gasteiger partial charge in [-0.3, -0.25) is 4.90 Å². The first kappa shape index (κ1) is 15.9. The molecule has 6 heteroatoms. The molecule has 6 nitrogen and oxygen atoms in total. The van der Waals surface area contributed by atoms with Crippen LogP contribution in [-0.2, 0) is 19.5 Å². The summed E-state index contributed by atoms with van der Waals surface area (Å²) in [6.45, 7) is 4.66. The molecule has 0 bridgehead atoms. The van der Waals surface area contributed by atoms with Crippen LogP contribution in [0.1, 0.15) is 22.6 Å². The van der Waals surface area contributed by atoms with E-state index in [1.165, 1.54) is 5.56 Å². The minimum absolute atomic E-state index is 0.796. The van der Waals surface area contributed by atoms with Crippen molar-refractivity contribution >= 4 is 16.9 Å². The van der Waals surface area contributed by atoms with Crippen LogP contribution >= 0.6 is 0 Å². The highest BCUT2D eigenvalue weighted by molar-refractivity contribution is 5.74. The molecule has 0 spiro atoms. The third-order valence-corrected chi connectivity index (χ3v) is 4.70. The molecule has 128 valence electrons. The number of hydrogen-bond acceptors (Lipinski definition) is 6. The van der Waals surface area contributed by atoms with Crippen LogP contribution in [0.25, 0.3) is 11.0 Å². The molecule has 0 saturated heterocycles. The van der Waals surface area contributed by atoms with E-state index in [-0.39, 0.29) is 0 Å². The second kappa shape index (κ2) is 6.37. The van der Waals surface area contributed by atoms with Gasteiger partial charge in [0.15, 0.2) is 0 Å². The third kappa shape index (κ3) is 3.05. The largest absolute Gasteiger partial charge is 0.362 e. The Hall–Kier alpha value is -2.60. The molecule has 0 aliphatic carbocycles. The Labute approximate surface area is 147 Å². The van der Waals surface area contributed by atoms with Gasteiger partial charge in [-0.2, -0.15) is 0 Å². The zero-order chi connectivity index (χ0) is 17.4.